The predicted octanol–water partition coefficient (Wildman–Crippen LogP) is 4.78. The molecule has 8 nitrogen and oxygen atoms in total. The Morgan fingerprint density at radius 3 is 2.48 bits per heavy atom. The van der Waals surface area contributed by atoms with Crippen molar-refractivity contribution in [1.29, 1.82) is 0 Å². The average molecular weight is 574 g/mol. The summed E-state index contributed by atoms with van der Waals surface area (Å²) in [4.78, 5) is 51.3. The van der Waals surface area contributed by atoms with E-state index in [0.717, 1.165) is 6.07 Å². The number of rotatable bonds is 4. The van der Waals surface area contributed by atoms with Crippen LogP contribution >= 0.6 is 11.3 Å². The van der Waals surface area contributed by atoms with Gasteiger partial charge < -0.3 is 10.6 Å². The van der Waals surface area contributed by atoms with E-state index in [1.54, 1.807) is 37.8 Å². The largest absolute Gasteiger partial charge is 0.433 e. The number of pyridine rings is 2. The van der Waals surface area contributed by atoms with Crippen LogP contribution in [0.1, 0.15) is 60.1 Å². The lowest BCUT2D eigenvalue weighted by atomic mass is 9.82. The standard InChI is InChI=1S/C28H30F3N5O3S/c1-14-11-20(28(29,30)31)34-22(21(14)25(38)35-9-6-16(32)7-10-35)18-5-8-33-19-12-17(40-23(18)19)13-36-24(37)15(2)27(3,4)26(36)39/h5,8,11-12,15-16H,6-7,9-10,13,32H2,1-4H3. The maximum absolute atomic E-state index is 13.9. The van der Waals surface area contributed by atoms with Gasteiger partial charge in [0.05, 0.1) is 33.4 Å². The Morgan fingerprint density at radius 1 is 1.20 bits per heavy atom. The molecular weight excluding hydrogens is 543 g/mol. The van der Waals surface area contributed by atoms with Gasteiger partial charge in [0.15, 0.2) is 0 Å². The number of nitrogens with two attached hydrogens (primary N) is 1. The molecule has 2 aliphatic heterocycles. The molecule has 5 heterocycles. The molecule has 212 valence electrons. The number of hydrogen-bond acceptors (Lipinski definition) is 7. The van der Waals surface area contributed by atoms with Crippen molar-refractivity contribution in [1.82, 2.24) is 19.8 Å². The number of fused-ring (bicyclic) bond motifs is 1. The number of aryl methyl sites for hydroxylation is 1. The highest BCUT2D eigenvalue weighted by atomic mass is 32.1. The number of likely N-dealkylation sites (tertiary alicyclic amines) is 2. The van der Waals surface area contributed by atoms with Crippen molar-refractivity contribution in [2.45, 2.75) is 59.3 Å². The molecule has 5 rings (SSSR count). The van der Waals surface area contributed by atoms with Crippen LogP contribution in [0, 0.1) is 18.3 Å². The van der Waals surface area contributed by atoms with Gasteiger partial charge in [-0.2, -0.15) is 13.2 Å². The number of nitrogens with zero attached hydrogens (tertiary/aromatic N) is 4. The van der Waals surface area contributed by atoms with Crippen molar-refractivity contribution in [2.24, 2.45) is 17.1 Å². The highest BCUT2D eigenvalue weighted by molar-refractivity contribution is 7.19. The third kappa shape index (κ3) is 4.77. The molecule has 0 saturated carbocycles. The number of carbonyl (C=O) groups excluding carboxylic acids is 3. The molecule has 1 atom stereocenters. The van der Waals surface area contributed by atoms with E-state index in [2.05, 4.69) is 9.97 Å². The third-order valence-electron chi connectivity index (χ3n) is 8.10. The van der Waals surface area contributed by atoms with Crippen LogP contribution < -0.4 is 5.73 Å². The highest BCUT2D eigenvalue weighted by Crippen LogP contribution is 2.41. The number of alkyl halides is 3. The maximum Gasteiger partial charge on any atom is 0.433 e. The minimum atomic E-state index is -4.72. The topological polar surface area (TPSA) is 109 Å². The summed E-state index contributed by atoms with van der Waals surface area (Å²) in [5, 5.41) is 0. The van der Waals surface area contributed by atoms with E-state index in [-0.39, 0.29) is 41.2 Å². The van der Waals surface area contributed by atoms with Crippen molar-refractivity contribution in [2.75, 3.05) is 13.1 Å². The molecule has 0 radical (unpaired) electrons. The Balaban J connectivity index is 1.61. The Morgan fingerprint density at radius 2 is 1.88 bits per heavy atom. The second kappa shape index (κ2) is 9.91. The maximum atomic E-state index is 13.9. The van der Waals surface area contributed by atoms with Gasteiger partial charge in [-0.3, -0.25) is 24.3 Å². The number of imide groups is 1. The number of carbonyl (C=O) groups is 3. The Bertz CT molecular complexity index is 1530. The molecule has 12 heteroatoms. The van der Waals surface area contributed by atoms with Gasteiger partial charge in [0.1, 0.15) is 5.69 Å². The van der Waals surface area contributed by atoms with E-state index >= 15 is 0 Å². The van der Waals surface area contributed by atoms with Gasteiger partial charge >= 0.3 is 6.18 Å². The van der Waals surface area contributed by atoms with Crippen LogP contribution in [0.4, 0.5) is 13.2 Å². The molecule has 3 aromatic heterocycles. The lowest BCUT2D eigenvalue weighted by Gasteiger charge is -2.31. The minimum Gasteiger partial charge on any atom is -0.338 e. The lowest BCUT2D eigenvalue weighted by Crippen LogP contribution is -2.43. The predicted molar refractivity (Wildman–Crippen MR) is 144 cm³/mol. The van der Waals surface area contributed by atoms with Gasteiger partial charge in [0.2, 0.25) is 11.8 Å². The van der Waals surface area contributed by atoms with Crippen molar-refractivity contribution < 1.29 is 27.6 Å². The van der Waals surface area contributed by atoms with Gasteiger partial charge in [-0.05, 0) is 43.5 Å². The van der Waals surface area contributed by atoms with Crippen LogP contribution in [0.3, 0.4) is 0 Å². The minimum absolute atomic E-state index is 0.0253. The normalized spacial score (nSPS) is 20.1. The SMILES string of the molecule is Cc1cc(C(F)(F)F)nc(-c2ccnc3cc(CN4C(=O)C(C)C(C)(C)C4=O)sc23)c1C(=O)N1CCC(N)CC1. The summed E-state index contributed by atoms with van der Waals surface area (Å²) in [5.41, 5.74) is 5.08. The summed E-state index contributed by atoms with van der Waals surface area (Å²) in [5.74, 6) is -1.42. The smallest absolute Gasteiger partial charge is 0.338 e. The molecule has 3 amide bonds. The van der Waals surface area contributed by atoms with Crippen molar-refractivity contribution in [3.8, 4) is 11.3 Å². The summed E-state index contributed by atoms with van der Waals surface area (Å²) in [6.07, 6.45) is -2.06. The Hall–Kier alpha value is -3.38. The Kier molecular flexibility index (Phi) is 6.98. The number of hydrogen-bond donors (Lipinski definition) is 1. The van der Waals surface area contributed by atoms with E-state index in [4.69, 9.17) is 5.73 Å². The summed E-state index contributed by atoms with van der Waals surface area (Å²) >= 11 is 1.22. The van der Waals surface area contributed by atoms with Crippen LogP contribution in [0.25, 0.3) is 21.5 Å². The number of amides is 3. The number of aromatic nitrogens is 2. The van der Waals surface area contributed by atoms with E-state index in [1.807, 2.05) is 0 Å². The van der Waals surface area contributed by atoms with Crippen molar-refractivity contribution in [3.05, 3.63) is 46.1 Å². The van der Waals surface area contributed by atoms with E-state index in [0.29, 0.717) is 46.6 Å². The molecular formula is C28H30F3N5O3S. The number of piperidine rings is 1. The third-order valence-corrected chi connectivity index (χ3v) is 9.24. The van der Waals surface area contributed by atoms with Crippen LogP contribution in [0.15, 0.2) is 24.4 Å². The summed E-state index contributed by atoms with van der Waals surface area (Å²) in [7, 11) is 0. The molecule has 0 bridgehead atoms. The first-order valence-electron chi connectivity index (χ1n) is 13.1. The first kappa shape index (κ1) is 28.2. The molecule has 2 fully saturated rings. The number of thiophene rings is 1. The van der Waals surface area contributed by atoms with Gasteiger partial charge in [-0.1, -0.05) is 20.8 Å². The van der Waals surface area contributed by atoms with Crippen LogP contribution in [0.5, 0.6) is 0 Å². The molecule has 0 spiro atoms. The molecule has 2 N–H and O–H groups in total. The zero-order valence-electron chi connectivity index (χ0n) is 22.6. The molecule has 0 aliphatic carbocycles. The van der Waals surface area contributed by atoms with Gasteiger partial charge in [0, 0.05) is 41.7 Å². The number of halogens is 3. The fourth-order valence-electron chi connectivity index (χ4n) is 5.28. The molecule has 1 unspecified atom stereocenters. The summed E-state index contributed by atoms with van der Waals surface area (Å²) in [6, 6.07) is 4.14. The van der Waals surface area contributed by atoms with E-state index < -0.39 is 29.1 Å². The van der Waals surface area contributed by atoms with E-state index in [9.17, 15) is 27.6 Å². The second-order valence-corrected chi connectivity index (χ2v) is 12.3. The Labute approximate surface area is 233 Å². The fraction of sp³-hybridized carbons (Fsp3) is 0.464. The average Bonchev–Trinajstić information content (AvgIpc) is 3.37. The fourth-order valence-corrected chi connectivity index (χ4v) is 6.39. The highest BCUT2D eigenvalue weighted by Gasteiger charge is 2.51. The molecule has 2 aliphatic rings. The molecule has 2 saturated heterocycles. The molecule has 0 aromatic carbocycles. The first-order chi connectivity index (χ1) is 18.7. The second-order valence-electron chi connectivity index (χ2n) is 11.1. The van der Waals surface area contributed by atoms with Gasteiger partial charge in [-0.15, -0.1) is 11.3 Å². The van der Waals surface area contributed by atoms with Gasteiger partial charge in [-0.25, -0.2) is 4.98 Å². The van der Waals surface area contributed by atoms with Crippen LogP contribution in [-0.2, 0) is 22.3 Å². The van der Waals surface area contributed by atoms with Crippen LogP contribution in [0.2, 0.25) is 0 Å². The van der Waals surface area contributed by atoms with E-state index in [1.165, 1.54) is 29.4 Å². The monoisotopic (exact) mass is 573 g/mol. The summed E-state index contributed by atoms with van der Waals surface area (Å²) < 4.78 is 42.1. The zero-order chi connectivity index (χ0) is 29.1. The quantitative estimate of drug-likeness (QED) is 0.450. The molecule has 40 heavy (non-hydrogen) atoms. The first-order valence-corrected chi connectivity index (χ1v) is 13.9. The zero-order valence-corrected chi connectivity index (χ0v) is 23.4. The van der Waals surface area contributed by atoms with Crippen molar-refractivity contribution in [3.63, 3.8) is 0 Å². The van der Waals surface area contributed by atoms with Gasteiger partial charge in [0.25, 0.3) is 5.91 Å². The summed E-state index contributed by atoms with van der Waals surface area (Å²) in [6.45, 7) is 7.51. The van der Waals surface area contributed by atoms with Crippen LogP contribution in [-0.4, -0.2) is 56.6 Å². The lowest BCUT2D eigenvalue weighted by molar-refractivity contribution is -0.142. The molecule has 3 aromatic rings. The van der Waals surface area contributed by atoms with Crippen molar-refractivity contribution >= 4 is 39.3 Å².